The molecule has 2 N–H and O–H groups in total. The number of fused-ring (bicyclic) bond motifs is 1. The number of nitrogens with zero attached hydrogens (tertiary/aromatic N) is 1. The molecule has 0 saturated carbocycles. The minimum atomic E-state index is -0.502. The van der Waals surface area contributed by atoms with Crippen molar-refractivity contribution in [1.29, 1.82) is 0 Å². The molecule has 0 bridgehead atoms. The third-order valence-corrected chi connectivity index (χ3v) is 3.04. The van der Waals surface area contributed by atoms with Crippen LogP contribution >= 0.6 is 0 Å². The van der Waals surface area contributed by atoms with E-state index in [4.69, 9.17) is 19.9 Å². The summed E-state index contributed by atoms with van der Waals surface area (Å²) in [6, 6.07) is 9.60. The van der Waals surface area contributed by atoms with E-state index >= 15 is 0 Å². The first-order valence-electron chi connectivity index (χ1n) is 6.19. The number of benzene rings is 2. The first-order chi connectivity index (χ1) is 10.1. The predicted octanol–water partition coefficient (Wildman–Crippen LogP) is 2.48. The number of hydrogen-bond acceptors (Lipinski definition) is 6. The quantitative estimate of drug-likeness (QED) is 0.527. The summed E-state index contributed by atoms with van der Waals surface area (Å²) in [6.45, 7) is 0.494. The van der Waals surface area contributed by atoms with Crippen molar-refractivity contribution < 1.29 is 19.1 Å². The van der Waals surface area contributed by atoms with E-state index in [-0.39, 0.29) is 24.8 Å². The van der Waals surface area contributed by atoms with Crippen LogP contribution in [0.4, 0.5) is 11.4 Å². The van der Waals surface area contributed by atoms with Gasteiger partial charge in [-0.15, -0.1) is 0 Å². The Morgan fingerprint density at radius 2 is 2.00 bits per heavy atom. The Balaban J connectivity index is 1.71. The number of nitro benzene ring substituents is 1. The third-order valence-electron chi connectivity index (χ3n) is 3.04. The Morgan fingerprint density at radius 1 is 1.19 bits per heavy atom. The lowest BCUT2D eigenvalue weighted by molar-refractivity contribution is -0.384. The normalized spacial score (nSPS) is 12.2. The van der Waals surface area contributed by atoms with Crippen LogP contribution in [-0.4, -0.2) is 11.7 Å². The number of anilines is 1. The van der Waals surface area contributed by atoms with Crippen LogP contribution in [-0.2, 0) is 6.61 Å². The largest absolute Gasteiger partial charge is 0.487 e. The van der Waals surface area contributed by atoms with Crippen molar-refractivity contribution in [2.24, 2.45) is 0 Å². The third kappa shape index (κ3) is 2.66. The summed E-state index contributed by atoms with van der Waals surface area (Å²) in [7, 11) is 0. The monoisotopic (exact) mass is 288 g/mol. The van der Waals surface area contributed by atoms with Crippen LogP contribution in [0.2, 0.25) is 0 Å². The van der Waals surface area contributed by atoms with Gasteiger partial charge in [0.2, 0.25) is 6.79 Å². The summed E-state index contributed by atoms with van der Waals surface area (Å²) in [6.07, 6.45) is 0. The maximum atomic E-state index is 10.6. The molecule has 0 unspecified atom stereocenters. The highest BCUT2D eigenvalue weighted by molar-refractivity contribution is 5.58. The molecular formula is C14H12N2O5. The standard InChI is InChI=1S/C14H12N2O5/c15-11-6-10(16(17)18)2-4-12(11)19-7-9-1-3-13-14(5-9)21-8-20-13/h1-6H,7-8,15H2. The summed E-state index contributed by atoms with van der Waals surface area (Å²) < 4.78 is 16.1. The van der Waals surface area contributed by atoms with E-state index in [2.05, 4.69) is 0 Å². The molecule has 0 fully saturated rings. The van der Waals surface area contributed by atoms with Gasteiger partial charge < -0.3 is 19.9 Å². The first kappa shape index (κ1) is 13.0. The fraction of sp³-hybridized carbons (Fsp3) is 0.143. The van der Waals surface area contributed by atoms with Crippen molar-refractivity contribution in [2.75, 3.05) is 12.5 Å². The molecule has 0 spiro atoms. The van der Waals surface area contributed by atoms with E-state index < -0.39 is 4.92 Å². The summed E-state index contributed by atoms with van der Waals surface area (Å²) in [5.41, 5.74) is 6.79. The second-order valence-electron chi connectivity index (χ2n) is 4.46. The molecule has 2 aromatic carbocycles. The van der Waals surface area contributed by atoms with Gasteiger partial charge in [-0.25, -0.2) is 0 Å². The van der Waals surface area contributed by atoms with E-state index in [9.17, 15) is 10.1 Å². The van der Waals surface area contributed by atoms with Gasteiger partial charge in [-0.2, -0.15) is 0 Å². The number of ether oxygens (including phenoxy) is 3. The Bertz CT molecular complexity index is 702. The molecular weight excluding hydrogens is 276 g/mol. The number of hydrogen-bond donors (Lipinski definition) is 1. The topological polar surface area (TPSA) is 96.9 Å². The molecule has 3 rings (SSSR count). The zero-order valence-corrected chi connectivity index (χ0v) is 10.9. The molecule has 7 heteroatoms. The molecule has 0 saturated heterocycles. The smallest absolute Gasteiger partial charge is 0.271 e. The van der Waals surface area contributed by atoms with Gasteiger partial charge >= 0.3 is 0 Å². The SMILES string of the molecule is Nc1cc([N+](=O)[O-])ccc1OCc1ccc2c(c1)OCO2. The first-order valence-corrected chi connectivity index (χ1v) is 6.19. The number of nitrogens with two attached hydrogens (primary N) is 1. The molecule has 2 aromatic rings. The maximum absolute atomic E-state index is 10.6. The lowest BCUT2D eigenvalue weighted by atomic mass is 10.2. The number of rotatable bonds is 4. The molecule has 1 aliphatic rings. The van der Waals surface area contributed by atoms with Gasteiger partial charge in [0.1, 0.15) is 12.4 Å². The van der Waals surface area contributed by atoms with E-state index in [0.29, 0.717) is 17.2 Å². The molecule has 0 aromatic heterocycles. The Morgan fingerprint density at radius 3 is 2.76 bits per heavy atom. The van der Waals surface area contributed by atoms with Crippen LogP contribution < -0.4 is 19.9 Å². The lowest BCUT2D eigenvalue weighted by Crippen LogP contribution is -2.00. The molecule has 0 atom stereocenters. The van der Waals surface area contributed by atoms with Gasteiger partial charge in [-0.05, 0) is 23.8 Å². The zero-order chi connectivity index (χ0) is 14.8. The Hall–Kier alpha value is -2.96. The highest BCUT2D eigenvalue weighted by atomic mass is 16.7. The van der Waals surface area contributed by atoms with Gasteiger partial charge in [-0.3, -0.25) is 10.1 Å². The van der Waals surface area contributed by atoms with Crippen molar-refractivity contribution in [1.82, 2.24) is 0 Å². The van der Waals surface area contributed by atoms with Crippen LogP contribution in [0.15, 0.2) is 36.4 Å². The fourth-order valence-corrected chi connectivity index (χ4v) is 1.97. The molecule has 7 nitrogen and oxygen atoms in total. The zero-order valence-electron chi connectivity index (χ0n) is 10.9. The fourth-order valence-electron chi connectivity index (χ4n) is 1.97. The second kappa shape index (κ2) is 5.20. The molecule has 0 aliphatic carbocycles. The van der Waals surface area contributed by atoms with Crippen LogP contribution in [0.5, 0.6) is 17.2 Å². The summed E-state index contributed by atoms with van der Waals surface area (Å²) >= 11 is 0. The Labute approximate surface area is 120 Å². The average molecular weight is 288 g/mol. The minimum absolute atomic E-state index is 0.0667. The van der Waals surface area contributed by atoms with Gasteiger partial charge in [0.15, 0.2) is 11.5 Å². The average Bonchev–Trinajstić information content (AvgIpc) is 2.93. The van der Waals surface area contributed by atoms with Crippen LogP contribution in [0.3, 0.4) is 0 Å². The van der Waals surface area contributed by atoms with Gasteiger partial charge in [-0.1, -0.05) is 6.07 Å². The minimum Gasteiger partial charge on any atom is -0.487 e. The molecule has 108 valence electrons. The predicted molar refractivity (Wildman–Crippen MR) is 74.4 cm³/mol. The van der Waals surface area contributed by atoms with Crippen LogP contribution in [0, 0.1) is 10.1 Å². The number of nitro groups is 1. The highest BCUT2D eigenvalue weighted by Crippen LogP contribution is 2.33. The number of nitrogen functional groups attached to an aromatic ring is 1. The van der Waals surface area contributed by atoms with Crippen molar-refractivity contribution in [3.05, 3.63) is 52.1 Å². The molecule has 1 aliphatic heterocycles. The summed E-state index contributed by atoms with van der Waals surface area (Å²) in [5, 5.41) is 10.6. The molecule has 1 heterocycles. The van der Waals surface area contributed by atoms with Crippen LogP contribution in [0.1, 0.15) is 5.56 Å². The van der Waals surface area contributed by atoms with Crippen molar-refractivity contribution >= 4 is 11.4 Å². The van der Waals surface area contributed by atoms with Crippen LogP contribution in [0.25, 0.3) is 0 Å². The van der Waals surface area contributed by atoms with Gasteiger partial charge in [0, 0.05) is 12.1 Å². The lowest BCUT2D eigenvalue weighted by Gasteiger charge is -2.09. The van der Waals surface area contributed by atoms with Crippen molar-refractivity contribution in [3.8, 4) is 17.2 Å². The van der Waals surface area contributed by atoms with Crippen molar-refractivity contribution in [2.45, 2.75) is 6.61 Å². The van der Waals surface area contributed by atoms with Gasteiger partial charge in [0.05, 0.1) is 10.6 Å². The molecule has 0 radical (unpaired) electrons. The Kier molecular flexibility index (Phi) is 3.23. The van der Waals surface area contributed by atoms with Crippen molar-refractivity contribution in [3.63, 3.8) is 0 Å². The van der Waals surface area contributed by atoms with Gasteiger partial charge in [0.25, 0.3) is 5.69 Å². The summed E-state index contributed by atoms with van der Waals surface area (Å²) in [4.78, 5) is 10.1. The summed E-state index contributed by atoms with van der Waals surface area (Å²) in [5.74, 6) is 1.78. The number of non-ortho nitro benzene ring substituents is 1. The van der Waals surface area contributed by atoms with E-state index in [0.717, 1.165) is 5.56 Å². The van der Waals surface area contributed by atoms with E-state index in [1.807, 2.05) is 12.1 Å². The van der Waals surface area contributed by atoms with E-state index in [1.165, 1.54) is 18.2 Å². The maximum Gasteiger partial charge on any atom is 0.271 e. The van der Waals surface area contributed by atoms with E-state index in [1.54, 1.807) is 6.07 Å². The molecule has 21 heavy (non-hydrogen) atoms. The molecule has 0 amide bonds. The second-order valence-corrected chi connectivity index (χ2v) is 4.46. The highest BCUT2D eigenvalue weighted by Gasteiger charge is 2.14.